The van der Waals surface area contributed by atoms with Gasteiger partial charge in [-0.05, 0) is 36.2 Å². The maximum Gasteiger partial charge on any atom is 0.240 e. The number of ether oxygens (including phenoxy) is 1. The molecule has 0 fully saturated rings. The fourth-order valence-electron chi connectivity index (χ4n) is 1.95. The molecule has 0 aliphatic heterocycles. The second-order valence-corrected chi connectivity index (χ2v) is 6.36. The Morgan fingerprint density at radius 3 is 2.48 bits per heavy atom. The highest BCUT2D eigenvalue weighted by molar-refractivity contribution is 7.89. The summed E-state index contributed by atoms with van der Waals surface area (Å²) in [6.07, 6.45) is 1.95. The van der Waals surface area contributed by atoms with Gasteiger partial charge in [-0.3, -0.25) is 0 Å². The van der Waals surface area contributed by atoms with Crippen LogP contribution in [0.1, 0.15) is 24.4 Å². The van der Waals surface area contributed by atoms with E-state index in [1.807, 2.05) is 19.1 Å². The molecule has 1 aromatic carbocycles. The molecule has 5 nitrogen and oxygen atoms in total. The molecule has 114 valence electrons. The molecule has 0 bridgehead atoms. The fourth-order valence-corrected chi connectivity index (χ4v) is 2.98. The second-order valence-electron chi connectivity index (χ2n) is 4.59. The van der Waals surface area contributed by atoms with Crippen molar-refractivity contribution in [1.82, 2.24) is 4.72 Å². The van der Waals surface area contributed by atoms with Gasteiger partial charge in [0.1, 0.15) is 11.9 Å². The van der Waals surface area contributed by atoms with Gasteiger partial charge < -0.3 is 9.15 Å². The summed E-state index contributed by atoms with van der Waals surface area (Å²) in [6, 6.07) is 10.3. The van der Waals surface area contributed by atoms with E-state index in [0.29, 0.717) is 5.76 Å². The molecule has 0 radical (unpaired) electrons. The molecule has 0 saturated heterocycles. The van der Waals surface area contributed by atoms with Crippen molar-refractivity contribution in [3.63, 3.8) is 0 Å². The zero-order valence-electron chi connectivity index (χ0n) is 12.1. The summed E-state index contributed by atoms with van der Waals surface area (Å²) in [7, 11) is -2.04. The van der Waals surface area contributed by atoms with Crippen molar-refractivity contribution >= 4 is 10.0 Å². The first-order valence-electron chi connectivity index (χ1n) is 6.71. The van der Waals surface area contributed by atoms with Crippen LogP contribution in [0.4, 0.5) is 0 Å². The molecule has 1 heterocycles. The smallest absolute Gasteiger partial charge is 0.240 e. The van der Waals surface area contributed by atoms with Gasteiger partial charge in [0.2, 0.25) is 10.0 Å². The van der Waals surface area contributed by atoms with E-state index in [0.717, 1.165) is 12.0 Å². The molecule has 2 rings (SSSR count). The normalized spacial score (nSPS) is 13.2. The molecule has 1 atom stereocenters. The summed E-state index contributed by atoms with van der Waals surface area (Å²) in [5.74, 6) is 0.585. The number of aryl methyl sites for hydroxylation is 1. The van der Waals surface area contributed by atoms with Gasteiger partial charge in [0.15, 0.2) is 0 Å². The number of hydrogen-bond acceptors (Lipinski definition) is 4. The molecular formula is C15H19NO4S. The lowest BCUT2D eigenvalue weighted by Crippen LogP contribution is -2.29. The molecule has 21 heavy (non-hydrogen) atoms. The topological polar surface area (TPSA) is 68.5 Å². The van der Waals surface area contributed by atoms with Crippen molar-refractivity contribution in [3.8, 4) is 0 Å². The standard InChI is InChI=1S/C15H19NO4S/c1-3-12-6-8-13(9-7-12)21(17,18)16-11-15(19-2)14-5-4-10-20-14/h4-10,15-16H,3,11H2,1-2H3. The number of methoxy groups -OCH3 is 1. The Hall–Kier alpha value is -1.63. The van der Waals surface area contributed by atoms with E-state index < -0.39 is 16.1 Å². The summed E-state index contributed by atoms with van der Waals surface area (Å²) in [5.41, 5.74) is 1.10. The minimum Gasteiger partial charge on any atom is -0.467 e. The largest absolute Gasteiger partial charge is 0.467 e. The van der Waals surface area contributed by atoms with Crippen LogP contribution >= 0.6 is 0 Å². The molecule has 0 spiro atoms. The predicted octanol–water partition coefficient (Wildman–Crippen LogP) is 2.51. The van der Waals surface area contributed by atoms with Crippen LogP contribution in [-0.2, 0) is 21.2 Å². The third-order valence-electron chi connectivity index (χ3n) is 3.25. The Morgan fingerprint density at radius 1 is 1.24 bits per heavy atom. The first kappa shape index (κ1) is 15.8. The fraction of sp³-hybridized carbons (Fsp3) is 0.333. The van der Waals surface area contributed by atoms with Crippen LogP contribution in [0.3, 0.4) is 0 Å². The second kappa shape index (κ2) is 6.89. The van der Waals surface area contributed by atoms with Crippen molar-refractivity contribution in [2.45, 2.75) is 24.3 Å². The Balaban J connectivity index is 2.06. The summed E-state index contributed by atoms with van der Waals surface area (Å²) in [5, 5.41) is 0. The molecule has 6 heteroatoms. The molecule has 0 aliphatic carbocycles. The van der Waals surface area contributed by atoms with Gasteiger partial charge in [0.05, 0.1) is 11.2 Å². The van der Waals surface area contributed by atoms with Gasteiger partial charge in [-0.2, -0.15) is 0 Å². The van der Waals surface area contributed by atoms with E-state index >= 15 is 0 Å². The van der Waals surface area contributed by atoms with E-state index in [-0.39, 0.29) is 11.4 Å². The van der Waals surface area contributed by atoms with Crippen LogP contribution in [0, 0.1) is 0 Å². The van der Waals surface area contributed by atoms with E-state index in [9.17, 15) is 8.42 Å². The molecule has 2 aromatic rings. The maximum absolute atomic E-state index is 12.2. The number of sulfonamides is 1. The molecule has 1 N–H and O–H groups in total. The number of nitrogens with one attached hydrogen (secondary N) is 1. The van der Waals surface area contributed by atoms with Gasteiger partial charge in [0, 0.05) is 13.7 Å². The Labute approximate surface area is 125 Å². The van der Waals surface area contributed by atoms with Crippen LogP contribution in [-0.4, -0.2) is 22.1 Å². The Bertz CT molecular complexity index is 647. The number of furan rings is 1. The first-order chi connectivity index (χ1) is 10.1. The average Bonchev–Trinajstić information content (AvgIpc) is 3.02. The molecule has 0 saturated carbocycles. The van der Waals surface area contributed by atoms with E-state index in [2.05, 4.69) is 4.72 Å². The summed E-state index contributed by atoms with van der Waals surface area (Å²) < 4.78 is 37.5. The Kier molecular flexibility index (Phi) is 5.17. The highest BCUT2D eigenvalue weighted by atomic mass is 32.2. The zero-order valence-corrected chi connectivity index (χ0v) is 12.9. The third kappa shape index (κ3) is 3.93. The quantitative estimate of drug-likeness (QED) is 0.853. The minimum absolute atomic E-state index is 0.113. The number of benzene rings is 1. The van der Waals surface area contributed by atoms with Crippen molar-refractivity contribution in [1.29, 1.82) is 0 Å². The SMILES string of the molecule is CCc1ccc(S(=O)(=O)NCC(OC)c2ccco2)cc1. The number of rotatable bonds is 7. The van der Waals surface area contributed by atoms with Crippen LogP contribution < -0.4 is 4.72 Å². The maximum atomic E-state index is 12.2. The minimum atomic E-state index is -3.55. The van der Waals surface area contributed by atoms with Crippen LogP contribution in [0.15, 0.2) is 52.0 Å². The van der Waals surface area contributed by atoms with Gasteiger partial charge >= 0.3 is 0 Å². The third-order valence-corrected chi connectivity index (χ3v) is 4.69. The lowest BCUT2D eigenvalue weighted by molar-refractivity contribution is 0.0878. The summed E-state index contributed by atoms with van der Waals surface area (Å²) in [4.78, 5) is 0.244. The van der Waals surface area contributed by atoms with Crippen molar-refractivity contribution in [2.75, 3.05) is 13.7 Å². The van der Waals surface area contributed by atoms with Crippen LogP contribution in [0.5, 0.6) is 0 Å². The Morgan fingerprint density at radius 2 is 1.95 bits per heavy atom. The van der Waals surface area contributed by atoms with Gasteiger partial charge in [-0.25, -0.2) is 13.1 Å². The van der Waals surface area contributed by atoms with E-state index in [4.69, 9.17) is 9.15 Å². The summed E-state index contributed by atoms with van der Waals surface area (Å²) >= 11 is 0. The lowest BCUT2D eigenvalue weighted by Gasteiger charge is -2.14. The molecule has 1 unspecified atom stereocenters. The lowest BCUT2D eigenvalue weighted by atomic mass is 10.2. The zero-order chi connectivity index (χ0) is 15.3. The van der Waals surface area contributed by atoms with Crippen molar-refractivity contribution in [2.24, 2.45) is 0 Å². The predicted molar refractivity (Wildman–Crippen MR) is 79.5 cm³/mol. The molecule has 0 amide bonds. The van der Waals surface area contributed by atoms with Gasteiger partial charge in [-0.1, -0.05) is 19.1 Å². The monoisotopic (exact) mass is 309 g/mol. The highest BCUT2D eigenvalue weighted by Crippen LogP contribution is 2.17. The van der Waals surface area contributed by atoms with Crippen LogP contribution in [0.2, 0.25) is 0 Å². The summed E-state index contributed by atoms with van der Waals surface area (Å²) in [6.45, 7) is 2.14. The molecule has 1 aromatic heterocycles. The van der Waals surface area contributed by atoms with E-state index in [1.54, 1.807) is 24.3 Å². The van der Waals surface area contributed by atoms with Gasteiger partial charge in [-0.15, -0.1) is 0 Å². The van der Waals surface area contributed by atoms with Crippen LogP contribution in [0.25, 0.3) is 0 Å². The van der Waals surface area contributed by atoms with Crippen molar-refractivity contribution < 1.29 is 17.6 Å². The van der Waals surface area contributed by atoms with Crippen molar-refractivity contribution in [3.05, 3.63) is 54.0 Å². The molecular weight excluding hydrogens is 290 g/mol. The van der Waals surface area contributed by atoms with Gasteiger partial charge in [0.25, 0.3) is 0 Å². The highest BCUT2D eigenvalue weighted by Gasteiger charge is 2.19. The molecule has 0 aliphatic rings. The first-order valence-corrected chi connectivity index (χ1v) is 8.20. The number of hydrogen-bond donors (Lipinski definition) is 1. The average molecular weight is 309 g/mol. The van der Waals surface area contributed by atoms with E-state index in [1.165, 1.54) is 13.4 Å².